The van der Waals surface area contributed by atoms with Gasteiger partial charge in [-0.05, 0) is 31.2 Å². The standard InChI is InChI=1S/C15H14ClN3O4/c1-9(14(21)17-11-5-3-4-10(16)8-11)23-15(22)12-6-7-13(20)19(2)18-12/h3-9H,1-2H3,(H,17,21). The number of ether oxygens (including phenoxy) is 1. The van der Waals surface area contributed by atoms with Crippen LogP contribution < -0.4 is 10.9 Å². The monoisotopic (exact) mass is 335 g/mol. The Bertz CT molecular complexity index is 803. The Morgan fingerprint density at radius 1 is 1.30 bits per heavy atom. The van der Waals surface area contributed by atoms with Crippen molar-refractivity contribution in [2.24, 2.45) is 7.05 Å². The summed E-state index contributed by atoms with van der Waals surface area (Å²) in [7, 11) is 1.41. The molecule has 1 aromatic carbocycles. The van der Waals surface area contributed by atoms with E-state index in [1.165, 1.54) is 26.1 Å². The van der Waals surface area contributed by atoms with Gasteiger partial charge in [-0.2, -0.15) is 5.10 Å². The minimum absolute atomic E-state index is 0.0606. The van der Waals surface area contributed by atoms with Crippen LogP contribution in [-0.2, 0) is 16.6 Å². The molecule has 2 aromatic rings. The van der Waals surface area contributed by atoms with Gasteiger partial charge >= 0.3 is 5.97 Å². The van der Waals surface area contributed by atoms with Crippen molar-refractivity contribution in [3.05, 3.63) is 57.5 Å². The molecule has 0 bridgehead atoms. The molecule has 2 rings (SSSR count). The third kappa shape index (κ3) is 4.40. The van der Waals surface area contributed by atoms with Crippen molar-refractivity contribution in [3.63, 3.8) is 0 Å². The second kappa shape index (κ2) is 7.06. The van der Waals surface area contributed by atoms with E-state index in [0.29, 0.717) is 10.7 Å². The van der Waals surface area contributed by atoms with Crippen molar-refractivity contribution in [1.82, 2.24) is 9.78 Å². The van der Waals surface area contributed by atoms with Gasteiger partial charge in [0.25, 0.3) is 11.5 Å². The lowest BCUT2D eigenvalue weighted by Crippen LogP contribution is -2.31. The molecule has 0 aliphatic heterocycles. The Morgan fingerprint density at radius 3 is 2.70 bits per heavy atom. The molecular weight excluding hydrogens is 322 g/mol. The molecule has 0 spiro atoms. The van der Waals surface area contributed by atoms with Gasteiger partial charge in [0.15, 0.2) is 11.8 Å². The minimum Gasteiger partial charge on any atom is -0.448 e. The summed E-state index contributed by atoms with van der Waals surface area (Å²) >= 11 is 5.83. The lowest BCUT2D eigenvalue weighted by atomic mass is 10.3. The zero-order valence-electron chi connectivity index (χ0n) is 12.4. The third-order valence-electron chi connectivity index (χ3n) is 2.91. The van der Waals surface area contributed by atoms with E-state index in [2.05, 4.69) is 10.4 Å². The van der Waals surface area contributed by atoms with E-state index in [1.54, 1.807) is 24.3 Å². The first-order valence-corrected chi connectivity index (χ1v) is 7.06. The zero-order valence-corrected chi connectivity index (χ0v) is 13.2. The number of halogens is 1. The molecule has 120 valence electrons. The molecule has 1 aromatic heterocycles. The number of esters is 1. The Labute approximate surface area is 136 Å². The Morgan fingerprint density at radius 2 is 2.04 bits per heavy atom. The predicted octanol–water partition coefficient (Wildman–Crippen LogP) is 1.62. The van der Waals surface area contributed by atoms with Crippen molar-refractivity contribution in [1.29, 1.82) is 0 Å². The van der Waals surface area contributed by atoms with Crippen molar-refractivity contribution in [3.8, 4) is 0 Å². The Kier molecular flexibility index (Phi) is 5.13. The van der Waals surface area contributed by atoms with E-state index >= 15 is 0 Å². The number of hydrogen-bond acceptors (Lipinski definition) is 5. The highest BCUT2D eigenvalue weighted by Gasteiger charge is 2.20. The van der Waals surface area contributed by atoms with E-state index in [0.717, 1.165) is 4.68 Å². The van der Waals surface area contributed by atoms with Crippen LogP contribution in [0.4, 0.5) is 5.69 Å². The van der Waals surface area contributed by atoms with Crippen LogP contribution in [0.15, 0.2) is 41.2 Å². The van der Waals surface area contributed by atoms with Gasteiger partial charge < -0.3 is 10.1 Å². The molecule has 0 fully saturated rings. The molecule has 0 radical (unpaired) electrons. The molecule has 8 heteroatoms. The van der Waals surface area contributed by atoms with Crippen LogP contribution >= 0.6 is 11.6 Å². The molecule has 7 nitrogen and oxygen atoms in total. The normalized spacial score (nSPS) is 11.6. The van der Waals surface area contributed by atoms with Crippen LogP contribution in [-0.4, -0.2) is 27.8 Å². The maximum absolute atomic E-state index is 12.0. The summed E-state index contributed by atoms with van der Waals surface area (Å²) in [5, 5.41) is 6.82. The van der Waals surface area contributed by atoms with E-state index in [1.807, 2.05) is 0 Å². The van der Waals surface area contributed by atoms with Crippen LogP contribution in [0.2, 0.25) is 5.02 Å². The van der Waals surface area contributed by atoms with Gasteiger partial charge in [-0.3, -0.25) is 9.59 Å². The molecule has 1 amide bonds. The third-order valence-corrected chi connectivity index (χ3v) is 3.15. The summed E-state index contributed by atoms with van der Waals surface area (Å²) in [6.07, 6.45) is -1.04. The molecule has 1 atom stereocenters. The molecule has 0 saturated heterocycles. The molecule has 1 heterocycles. The Balaban J connectivity index is 2.01. The van der Waals surface area contributed by atoms with E-state index in [9.17, 15) is 14.4 Å². The fourth-order valence-electron chi connectivity index (χ4n) is 1.70. The molecule has 1 N–H and O–H groups in total. The first-order valence-electron chi connectivity index (χ1n) is 6.68. The number of nitrogens with one attached hydrogen (secondary N) is 1. The minimum atomic E-state index is -1.04. The van der Waals surface area contributed by atoms with Crippen molar-refractivity contribution in [2.45, 2.75) is 13.0 Å². The average Bonchev–Trinajstić information content (AvgIpc) is 2.49. The number of anilines is 1. The number of hydrogen-bond donors (Lipinski definition) is 1. The molecular formula is C15H14ClN3O4. The topological polar surface area (TPSA) is 90.3 Å². The SMILES string of the molecule is CC(OC(=O)c1ccc(=O)n(C)n1)C(=O)Nc1cccc(Cl)c1. The van der Waals surface area contributed by atoms with E-state index < -0.39 is 18.0 Å². The van der Waals surface area contributed by atoms with Crippen LogP contribution in [0.5, 0.6) is 0 Å². The Hall–Kier alpha value is -2.67. The lowest BCUT2D eigenvalue weighted by molar-refractivity contribution is -0.123. The van der Waals surface area contributed by atoms with Gasteiger partial charge in [-0.25, -0.2) is 9.48 Å². The van der Waals surface area contributed by atoms with Gasteiger partial charge in [0.05, 0.1) is 0 Å². The molecule has 1 unspecified atom stereocenters. The number of aryl methyl sites for hydroxylation is 1. The van der Waals surface area contributed by atoms with Crippen molar-refractivity contribution in [2.75, 3.05) is 5.32 Å². The summed E-state index contributed by atoms with van der Waals surface area (Å²) < 4.78 is 6.04. The number of carbonyl (C=O) groups excluding carboxylic acids is 2. The van der Waals surface area contributed by atoms with Crippen LogP contribution in [0.25, 0.3) is 0 Å². The highest BCUT2D eigenvalue weighted by atomic mass is 35.5. The summed E-state index contributed by atoms with van der Waals surface area (Å²) in [6, 6.07) is 9.02. The van der Waals surface area contributed by atoms with Crippen molar-refractivity contribution >= 4 is 29.2 Å². The predicted molar refractivity (Wildman–Crippen MR) is 84.4 cm³/mol. The molecule has 0 aliphatic carbocycles. The summed E-state index contributed by atoms with van der Waals surface area (Å²) in [5.41, 5.74) is 0.0773. The largest absolute Gasteiger partial charge is 0.448 e. The number of benzene rings is 1. The van der Waals surface area contributed by atoms with Crippen LogP contribution in [0.3, 0.4) is 0 Å². The maximum atomic E-state index is 12.0. The maximum Gasteiger partial charge on any atom is 0.359 e. The smallest absolute Gasteiger partial charge is 0.359 e. The van der Waals surface area contributed by atoms with E-state index in [4.69, 9.17) is 16.3 Å². The molecule has 0 saturated carbocycles. The summed E-state index contributed by atoms with van der Waals surface area (Å²) in [5.74, 6) is -1.31. The zero-order chi connectivity index (χ0) is 17.0. The van der Waals surface area contributed by atoms with Gasteiger partial charge in [0.2, 0.25) is 0 Å². The second-order valence-corrected chi connectivity index (χ2v) is 5.16. The van der Waals surface area contributed by atoms with Gasteiger partial charge in [0, 0.05) is 23.8 Å². The quantitative estimate of drug-likeness (QED) is 0.857. The summed E-state index contributed by atoms with van der Waals surface area (Å²) in [4.78, 5) is 35.2. The second-order valence-electron chi connectivity index (χ2n) is 4.73. The van der Waals surface area contributed by atoms with Crippen molar-refractivity contribution < 1.29 is 14.3 Å². The van der Waals surface area contributed by atoms with Gasteiger partial charge in [-0.15, -0.1) is 0 Å². The number of aromatic nitrogens is 2. The fourth-order valence-corrected chi connectivity index (χ4v) is 1.89. The fraction of sp³-hybridized carbons (Fsp3) is 0.200. The molecule has 0 aliphatic rings. The number of rotatable bonds is 4. The van der Waals surface area contributed by atoms with Crippen LogP contribution in [0.1, 0.15) is 17.4 Å². The lowest BCUT2D eigenvalue weighted by Gasteiger charge is -2.13. The van der Waals surface area contributed by atoms with Gasteiger partial charge in [0.1, 0.15) is 0 Å². The molecule has 23 heavy (non-hydrogen) atoms. The first kappa shape index (κ1) is 16.7. The number of amides is 1. The van der Waals surface area contributed by atoms with Crippen LogP contribution in [0, 0.1) is 0 Å². The highest BCUT2D eigenvalue weighted by molar-refractivity contribution is 6.30. The van der Waals surface area contributed by atoms with E-state index in [-0.39, 0.29) is 11.3 Å². The average molecular weight is 336 g/mol. The van der Waals surface area contributed by atoms with Gasteiger partial charge in [-0.1, -0.05) is 17.7 Å². The summed E-state index contributed by atoms with van der Waals surface area (Å²) in [6.45, 7) is 1.43. The number of nitrogens with zero attached hydrogens (tertiary/aromatic N) is 2. The number of carbonyl (C=O) groups is 2. The highest BCUT2D eigenvalue weighted by Crippen LogP contribution is 2.15. The first-order chi connectivity index (χ1) is 10.9.